The highest BCUT2D eigenvalue weighted by atomic mass is 35.5. The molecule has 2 aliphatic heterocycles. The highest BCUT2D eigenvalue weighted by Crippen LogP contribution is 2.42. The number of hydrogen-bond donors (Lipinski definition) is 0. The zero-order chi connectivity index (χ0) is 22.7. The lowest BCUT2D eigenvalue weighted by Gasteiger charge is -2.42. The number of rotatable bonds is 4. The van der Waals surface area contributed by atoms with Crippen molar-refractivity contribution in [3.63, 3.8) is 0 Å². The van der Waals surface area contributed by atoms with Crippen LogP contribution in [0.15, 0.2) is 24.3 Å². The van der Waals surface area contributed by atoms with Crippen molar-refractivity contribution in [2.75, 3.05) is 26.3 Å². The van der Waals surface area contributed by atoms with Gasteiger partial charge in [-0.1, -0.05) is 30.2 Å². The van der Waals surface area contributed by atoms with Crippen LogP contribution >= 0.6 is 11.6 Å². The minimum atomic E-state index is -0.773. The molecule has 0 radical (unpaired) electrons. The number of piperidine rings is 1. The molecule has 1 aromatic rings. The Morgan fingerprint density at radius 1 is 1.16 bits per heavy atom. The molecule has 7 nitrogen and oxygen atoms in total. The molecule has 3 aliphatic rings. The summed E-state index contributed by atoms with van der Waals surface area (Å²) < 4.78 is 11.4. The first-order valence-corrected chi connectivity index (χ1v) is 12.0. The van der Waals surface area contributed by atoms with Crippen molar-refractivity contribution >= 4 is 29.4 Å². The van der Waals surface area contributed by atoms with Gasteiger partial charge in [0.2, 0.25) is 5.91 Å². The van der Waals surface area contributed by atoms with Crippen molar-refractivity contribution in [1.82, 2.24) is 9.80 Å². The van der Waals surface area contributed by atoms with Crippen LogP contribution in [0.2, 0.25) is 5.02 Å². The Labute approximate surface area is 194 Å². The monoisotopic (exact) mass is 462 g/mol. The summed E-state index contributed by atoms with van der Waals surface area (Å²) >= 11 is 6.35. The molecule has 2 atom stereocenters. The van der Waals surface area contributed by atoms with E-state index < -0.39 is 11.8 Å². The smallest absolute Gasteiger partial charge is 0.310 e. The van der Waals surface area contributed by atoms with Crippen LogP contribution in [0, 0.1) is 5.92 Å². The number of carbonyl (C=O) groups is 3. The lowest BCUT2D eigenvalue weighted by atomic mass is 9.89. The Balaban J connectivity index is 1.60. The normalized spacial score (nSPS) is 25.1. The maximum Gasteiger partial charge on any atom is 0.310 e. The summed E-state index contributed by atoms with van der Waals surface area (Å²) in [4.78, 5) is 43.0. The highest BCUT2D eigenvalue weighted by Gasteiger charge is 2.54. The lowest BCUT2D eigenvalue weighted by Crippen LogP contribution is -2.58. The second-order valence-electron chi connectivity index (χ2n) is 8.86. The molecule has 3 fully saturated rings. The summed E-state index contributed by atoms with van der Waals surface area (Å²) in [5.74, 6) is -1.03. The van der Waals surface area contributed by atoms with E-state index >= 15 is 0 Å². The molecular formula is C24H31ClN2O5. The molecule has 1 aliphatic carbocycles. The molecule has 2 saturated heterocycles. The predicted octanol–water partition coefficient (Wildman–Crippen LogP) is 3.64. The molecule has 0 aromatic heterocycles. The Morgan fingerprint density at radius 2 is 1.91 bits per heavy atom. The topological polar surface area (TPSA) is 76.2 Å². The molecule has 0 unspecified atom stereocenters. The largest absolute Gasteiger partial charge is 0.466 e. The molecular weight excluding hydrogens is 432 g/mol. The van der Waals surface area contributed by atoms with Crippen molar-refractivity contribution in [3.8, 4) is 0 Å². The SMILES string of the molecule is CCOC(=O)[C@H]1CCCN(C(=O)[C@H]2COC3(CCCCC3)N2C(=O)c2ccccc2Cl)C1. The summed E-state index contributed by atoms with van der Waals surface area (Å²) in [5, 5.41) is 0.363. The van der Waals surface area contributed by atoms with Crippen LogP contribution in [-0.2, 0) is 19.1 Å². The lowest BCUT2D eigenvalue weighted by molar-refractivity contribution is -0.152. The van der Waals surface area contributed by atoms with Gasteiger partial charge in [-0.25, -0.2) is 0 Å². The van der Waals surface area contributed by atoms with Crippen LogP contribution in [0.3, 0.4) is 0 Å². The molecule has 0 N–H and O–H groups in total. The summed E-state index contributed by atoms with van der Waals surface area (Å²) in [7, 11) is 0. The van der Waals surface area contributed by atoms with Gasteiger partial charge < -0.3 is 14.4 Å². The molecule has 174 valence electrons. The fourth-order valence-corrected chi connectivity index (χ4v) is 5.48. The average molecular weight is 463 g/mol. The Kier molecular flexibility index (Phi) is 7.05. The van der Waals surface area contributed by atoms with Gasteiger partial charge in [-0.3, -0.25) is 19.3 Å². The minimum Gasteiger partial charge on any atom is -0.466 e. The highest BCUT2D eigenvalue weighted by molar-refractivity contribution is 6.33. The maximum absolute atomic E-state index is 13.7. The Morgan fingerprint density at radius 3 is 2.62 bits per heavy atom. The second-order valence-corrected chi connectivity index (χ2v) is 9.27. The number of amides is 2. The summed E-state index contributed by atoms with van der Waals surface area (Å²) in [6.45, 7) is 3.14. The van der Waals surface area contributed by atoms with Gasteiger partial charge in [-0.2, -0.15) is 0 Å². The van der Waals surface area contributed by atoms with Gasteiger partial charge in [0.25, 0.3) is 5.91 Å². The second kappa shape index (κ2) is 9.79. The average Bonchev–Trinajstić information content (AvgIpc) is 3.17. The first-order valence-electron chi connectivity index (χ1n) is 11.6. The van der Waals surface area contributed by atoms with Crippen LogP contribution in [0.1, 0.15) is 62.2 Å². The van der Waals surface area contributed by atoms with Gasteiger partial charge in [0.1, 0.15) is 11.8 Å². The van der Waals surface area contributed by atoms with Crippen LogP contribution in [0.25, 0.3) is 0 Å². The number of likely N-dealkylation sites (tertiary alicyclic amines) is 1. The van der Waals surface area contributed by atoms with Crippen molar-refractivity contribution in [2.24, 2.45) is 5.92 Å². The Bertz CT molecular complexity index is 870. The summed E-state index contributed by atoms with van der Waals surface area (Å²) in [6.07, 6.45) is 5.83. The fourth-order valence-electron chi connectivity index (χ4n) is 5.26. The first-order chi connectivity index (χ1) is 15.5. The van der Waals surface area contributed by atoms with Crippen LogP contribution in [0.5, 0.6) is 0 Å². The van der Waals surface area contributed by atoms with Gasteiger partial charge in [0.05, 0.1) is 29.7 Å². The minimum absolute atomic E-state index is 0.162. The molecule has 2 heterocycles. The van der Waals surface area contributed by atoms with Gasteiger partial charge in [-0.05, 0) is 57.6 Å². The summed E-state index contributed by atoms with van der Waals surface area (Å²) in [6, 6.07) is 6.21. The zero-order valence-electron chi connectivity index (χ0n) is 18.6. The quantitative estimate of drug-likeness (QED) is 0.638. The molecule has 1 aromatic carbocycles. The molecule has 1 saturated carbocycles. The van der Waals surface area contributed by atoms with Crippen molar-refractivity contribution in [1.29, 1.82) is 0 Å². The van der Waals surface area contributed by atoms with Gasteiger partial charge in [0.15, 0.2) is 0 Å². The van der Waals surface area contributed by atoms with Gasteiger partial charge in [-0.15, -0.1) is 0 Å². The maximum atomic E-state index is 13.7. The summed E-state index contributed by atoms with van der Waals surface area (Å²) in [5.41, 5.74) is -0.393. The van der Waals surface area contributed by atoms with E-state index in [-0.39, 0.29) is 30.3 Å². The zero-order valence-corrected chi connectivity index (χ0v) is 19.3. The van der Waals surface area contributed by atoms with Crippen LogP contribution in [0.4, 0.5) is 0 Å². The first kappa shape index (κ1) is 23.1. The van der Waals surface area contributed by atoms with E-state index in [4.69, 9.17) is 21.1 Å². The van der Waals surface area contributed by atoms with Gasteiger partial charge in [0, 0.05) is 13.1 Å². The predicted molar refractivity (Wildman–Crippen MR) is 119 cm³/mol. The van der Waals surface area contributed by atoms with E-state index in [1.807, 2.05) is 0 Å². The van der Waals surface area contributed by atoms with Crippen LogP contribution < -0.4 is 0 Å². The molecule has 4 rings (SSSR count). The number of carbonyl (C=O) groups excluding carboxylic acids is 3. The molecule has 0 bridgehead atoms. The molecule has 8 heteroatoms. The van der Waals surface area contributed by atoms with E-state index in [9.17, 15) is 14.4 Å². The number of benzene rings is 1. The Hall–Kier alpha value is -2.12. The van der Waals surface area contributed by atoms with Crippen LogP contribution in [-0.4, -0.2) is 65.7 Å². The number of ether oxygens (including phenoxy) is 2. The number of esters is 1. The van der Waals surface area contributed by atoms with Crippen molar-refractivity contribution in [2.45, 2.75) is 63.6 Å². The van der Waals surface area contributed by atoms with E-state index in [1.165, 1.54) is 0 Å². The van der Waals surface area contributed by atoms with E-state index in [0.29, 0.717) is 49.5 Å². The standard InChI is InChI=1S/C24H31ClN2O5/c1-2-31-23(30)17-9-8-14-26(15-17)22(29)20-16-32-24(12-6-3-7-13-24)27(20)21(28)18-10-4-5-11-19(18)25/h4-5,10-11,17,20H,2-3,6-9,12-16H2,1H3/t17-,20+/m0/s1. The number of hydrogen-bond acceptors (Lipinski definition) is 5. The molecule has 1 spiro atoms. The third-order valence-corrected chi connectivity index (χ3v) is 7.19. The van der Waals surface area contributed by atoms with E-state index in [2.05, 4.69) is 0 Å². The van der Waals surface area contributed by atoms with Gasteiger partial charge >= 0.3 is 5.97 Å². The molecule has 2 amide bonds. The number of nitrogens with zero attached hydrogens (tertiary/aromatic N) is 2. The third-order valence-electron chi connectivity index (χ3n) is 6.86. The van der Waals surface area contributed by atoms with Crippen molar-refractivity contribution < 1.29 is 23.9 Å². The van der Waals surface area contributed by atoms with E-state index in [0.717, 1.165) is 25.7 Å². The number of halogens is 1. The third kappa shape index (κ3) is 4.37. The van der Waals surface area contributed by atoms with E-state index in [1.54, 1.807) is 41.0 Å². The fraction of sp³-hybridized carbons (Fsp3) is 0.625. The van der Waals surface area contributed by atoms with Crippen molar-refractivity contribution in [3.05, 3.63) is 34.9 Å². The molecule has 32 heavy (non-hydrogen) atoms.